The molecule has 6 heteroatoms. The van der Waals surface area contributed by atoms with Crippen molar-refractivity contribution in [2.75, 3.05) is 13.2 Å². The summed E-state index contributed by atoms with van der Waals surface area (Å²) in [6.07, 6.45) is 82.1. The standard InChI is InChI=1S/C69H131NO5/c1-3-5-7-9-11-13-15-16-17-18-19-20-21-22-23-26-29-32-35-38-42-45-49-53-57-61-67(72)66(65-71)70-68(73)62-58-54-50-46-43-39-36-33-30-27-24-25-28-31-34-37-40-44-48-52-56-60-64-75-69(74)63-59-55-51-47-41-14-12-10-8-6-4-2/h10,12,27,30,57,61,66-67,71-72H,3-9,11,13-26,28-29,31-56,58-60,62-65H2,1-2H3,(H,70,73)/b12-10-,30-27-,61-57+. The average Bonchev–Trinajstić information content (AvgIpc) is 3.41. The summed E-state index contributed by atoms with van der Waals surface area (Å²) in [5.74, 6) is -0.0729. The summed E-state index contributed by atoms with van der Waals surface area (Å²) in [4.78, 5) is 24.5. The van der Waals surface area contributed by atoms with Gasteiger partial charge in [0.15, 0.2) is 0 Å². The molecular weight excluding hydrogens is 923 g/mol. The number of aliphatic hydroxyl groups is 2. The van der Waals surface area contributed by atoms with Crippen molar-refractivity contribution in [3.8, 4) is 0 Å². The fourth-order valence-corrected chi connectivity index (χ4v) is 10.4. The molecule has 1 amide bonds. The summed E-state index contributed by atoms with van der Waals surface area (Å²) >= 11 is 0. The van der Waals surface area contributed by atoms with E-state index in [1.807, 2.05) is 6.08 Å². The molecule has 0 aromatic rings. The van der Waals surface area contributed by atoms with Crippen LogP contribution in [0.25, 0.3) is 0 Å². The minimum absolute atomic E-state index is 0.00140. The zero-order valence-corrected chi connectivity index (χ0v) is 50.5. The molecule has 0 rings (SSSR count). The second kappa shape index (κ2) is 64.6. The predicted molar refractivity (Wildman–Crippen MR) is 329 cm³/mol. The van der Waals surface area contributed by atoms with E-state index in [1.54, 1.807) is 6.08 Å². The van der Waals surface area contributed by atoms with Gasteiger partial charge in [0.1, 0.15) is 0 Å². The lowest BCUT2D eigenvalue weighted by Crippen LogP contribution is -2.45. The molecule has 0 bridgehead atoms. The molecule has 0 radical (unpaired) electrons. The van der Waals surface area contributed by atoms with Crippen LogP contribution in [0.3, 0.4) is 0 Å². The van der Waals surface area contributed by atoms with Crippen molar-refractivity contribution >= 4 is 11.9 Å². The van der Waals surface area contributed by atoms with Crippen LogP contribution in [0.2, 0.25) is 0 Å². The van der Waals surface area contributed by atoms with Crippen LogP contribution in [0.1, 0.15) is 367 Å². The molecule has 0 saturated heterocycles. The minimum atomic E-state index is -0.851. The van der Waals surface area contributed by atoms with E-state index in [0.29, 0.717) is 19.4 Å². The van der Waals surface area contributed by atoms with E-state index in [0.717, 1.165) is 51.4 Å². The van der Waals surface area contributed by atoms with Crippen LogP contribution in [-0.4, -0.2) is 47.4 Å². The van der Waals surface area contributed by atoms with Crippen LogP contribution in [0.4, 0.5) is 0 Å². The third-order valence-electron chi connectivity index (χ3n) is 15.6. The van der Waals surface area contributed by atoms with Crippen LogP contribution < -0.4 is 5.32 Å². The van der Waals surface area contributed by atoms with E-state index in [9.17, 15) is 19.8 Å². The van der Waals surface area contributed by atoms with E-state index < -0.39 is 12.1 Å². The molecule has 6 nitrogen and oxygen atoms in total. The Hall–Kier alpha value is -1.92. The highest BCUT2D eigenvalue weighted by atomic mass is 16.5. The van der Waals surface area contributed by atoms with Gasteiger partial charge in [-0.3, -0.25) is 9.59 Å². The molecule has 0 aromatic heterocycles. The topological polar surface area (TPSA) is 95.9 Å². The quantitative estimate of drug-likeness (QED) is 0.0320. The number of nitrogens with one attached hydrogen (secondary N) is 1. The van der Waals surface area contributed by atoms with E-state index in [-0.39, 0.29) is 18.5 Å². The van der Waals surface area contributed by atoms with Crippen LogP contribution >= 0.6 is 0 Å². The van der Waals surface area contributed by atoms with Gasteiger partial charge in [-0.1, -0.05) is 314 Å². The van der Waals surface area contributed by atoms with E-state index in [4.69, 9.17) is 4.74 Å². The van der Waals surface area contributed by atoms with Crippen molar-refractivity contribution in [2.45, 2.75) is 379 Å². The maximum atomic E-state index is 12.5. The van der Waals surface area contributed by atoms with Gasteiger partial charge in [0, 0.05) is 12.8 Å². The van der Waals surface area contributed by atoms with Gasteiger partial charge in [0.25, 0.3) is 0 Å². The van der Waals surface area contributed by atoms with Gasteiger partial charge in [0.05, 0.1) is 25.4 Å². The number of esters is 1. The number of amides is 1. The largest absolute Gasteiger partial charge is 0.466 e. The number of carbonyl (C=O) groups is 2. The Bertz CT molecular complexity index is 1210. The first-order valence-corrected chi connectivity index (χ1v) is 33.8. The van der Waals surface area contributed by atoms with Crippen molar-refractivity contribution in [2.24, 2.45) is 0 Å². The number of aliphatic hydroxyl groups excluding tert-OH is 2. The fraction of sp³-hybridized carbons (Fsp3) is 0.884. The Morgan fingerprint density at radius 1 is 0.360 bits per heavy atom. The lowest BCUT2D eigenvalue weighted by Gasteiger charge is -2.20. The molecule has 0 aliphatic rings. The lowest BCUT2D eigenvalue weighted by atomic mass is 10.0. The van der Waals surface area contributed by atoms with Crippen LogP contribution in [0.5, 0.6) is 0 Å². The molecule has 75 heavy (non-hydrogen) atoms. The predicted octanol–water partition coefficient (Wildman–Crippen LogP) is 21.5. The van der Waals surface area contributed by atoms with Gasteiger partial charge >= 0.3 is 5.97 Å². The molecule has 0 saturated carbocycles. The second-order valence-corrected chi connectivity index (χ2v) is 23.1. The number of allylic oxidation sites excluding steroid dienone is 5. The molecule has 0 aromatic carbocycles. The smallest absolute Gasteiger partial charge is 0.305 e. The van der Waals surface area contributed by atoms with Crippen LogP contribution in [-0.2, 0) is 14.3 Å². The van der Waals surface area contributed by atoms with Crippen LogP contribution in [0, 0.1) is 0 Å². The summed E-state index contributed by atoms with van der Waals surface area (Å²) < 4.78 is 5.46. The van der Waals surface area contributed by atoms with Crippen molar-refractivity contribution in [1.82, 2.24) is 5.32 Å². The second-order valence-electron chi connectivity index (χ2n) is 23.1. The number of hydrogen-bond donors (Lipinski definition) is 3. The first-order chi connectivity index (χ1) is 37.0. The van der Waals surface area contributed by atoms with E-state index in [2.05, 4.69) is 43.5 Å². The Balaban J connectivity index is 3.46. The van der Waals surface area contributed by atoms with Crippen molar-refractivity contribution in [3.05, 3.63) is 36.5 Å². The number of ether oxygens (including phenoxy) is 1. The molecule has 3 N–H and O–H groups in total. The summed E-state index contributed by atoms with van der Waals surface area (Å²) in [6.45, 7) is 4.89. The van der Waals surface area contributed by atoms with Gasteiger partial charge in [-0.2, -0.15) is 0 Å². The lowest BCUT2D eigenvalue weighted by molar-refractivity contribution is -0.143. The summed E-state index contributed by atoms with van der Waals surface area (Å²) in [6, 6.07) is -0.635. The number of carbonyl (C=O) groups excluding carboxylic acids is 2. The highest BCUT2D eigenvalue weighted by Gasteiger charge is 2.18. The highest BCUT2D eigenvalue weighted by Crippen LogP contribution is 2.18. The molecule has 442 valence electrons. The zero-order chi connectivity index (χ0) is 54.3. The third kappa shape index (κ3) is 61.2. The van der Waals surface area contributed by atoms with Gasteiger partial charge in [-0.15, -0.1) is 0 Å². The Morgan fingerprint density at radius 3 is 0.987 bits per heavy atom. The van der Waals surface area contributed by atoms with Crippen molar-refractivity contribution in [3.63, 3.8) is 0 Å². The summed E-state index contributed by atoms with van der Waals surface area (Å²) in [7, 11) is 0. The average molecular weight is 1050 g/mol. The zero-order valence-electron chi connectivity index (χ0n) is 50.5. The Labute approximate surface area is 468 Å². The SMILES string of the molecule is CCCC/C=C\CCCCCCCC(=O)OCCCCCCCCCCCCC/C=C\CCCCCCCCCC(=O)NC(CO)C(O)/C=C/CCCCCCCCCCCCCCCCCCCCCCCCC. The molecular formula is C69H131NO5. The van der Waals surface area contributed by atoms with Gasteiger partial charge < -0.3 is 20.3 Å². The summed E-state index contributed by atoms with van der Waals surface area (Å²) in [5.41, 5.74) is 0. The minimum Gasteiger partial charge on any atom is -0.466 e. The number of hydrogen-bond acceptors (Lipinski definition) is 5. The third-order valence-corrected chi connectivity index (χ3v) is 15.6. The maximum Gasteiger partial charge on any atom is 0.305 e. The van der Waals surface area contributed by atoms with Gasteiger partial charge in [-0.05, 0) is 77.0 Å². The van der Waals surface area contributed by atoms with Crippen LogP contribution in [0.15, 0.2) is 36.5 Å². The number of unbranched alkanes of at least 4 members (excludes halogenated alkanes) is 48. The normalized spacial score (nSPS) is 12.7. The maximum absolute atomic E-state index is 12.5. The molecule has 0 fully saturated rings. The monoisotopic (exact) mass is 1050 g/mol. The highest BCUT2D eigenvalue weighted by molar-refractivity contribution is 5.76. The molecule has 0 spiro atoms. The first kappa shape index (κ1) is 73.1. The van der Waals surface area contributed by atoms with Gasteiger partial charge in [-0.25, -0.2) is 0 Å². The molecule has 0 heterocycles. The molecule has 0 aliphatic heterocycles. The summed E-state index contributed by atoms with van der Waals surface area (Å²) in [5, 5.41) is 23.3. The fourth-order valence-electron chi connectivity index (χ4n) is 10.4. The van der Waals surface area contributed by atoms with E-state index >= 15 is 0 Å². The molecule has 2 atom stereocenters. The molecule has 2 unspecified atom stereocenters. The number of rotatable bonds is 63. The first-order valence-electron chi connectivity index (χ1n) is 33.8. The molecule has 0 aliphatic carbocycles. The Kier molecular flexibility index (Phi) is 63.0. The van der Waals surface area contributed by atoms with E-state index in [1.165, 1.54) is 289 Å². The Morgan fingerprint density at radius 2 is 0.640 bits per heavy atom. The van der Waals surface area contributed by atoms with Crippen molar-refractivity contribution in [1.29, 1.82) is 0 Å². The van der Waals surface area contributed by atoms with Crippen molar-refractivity contribution < 1.29 is 24.5 Å². The van der Waals surface area contributed by atoms with Gasteiger partial charge in [0.2, 0.25) is 5.91 Å².